The monoisotopic (exact) mass is 398 g/mol. The van der Waals surface area contributed by atoms with E-state index in [1.807, 2.05) is 24.3 Å². The highest BCUT2D eigenvalue weighted by atomic mass is 32.2. The number of urea groups is 1. The summed E-state index contributed by atoms with van der Waals surface area (Å²) in [6.45, 7) is 1.17. The molecule has 3 rings (SSSR count). The first-order valence-electron chi connectivity index (χ1n) is 9.61. The molecule has 2 amide bonds. The van der Waals surface area contributed by atoms with E-state index in [1.165, 1.54) is 11.6 Å². The van der Waals surface area contributed by atoms with Crippen LogP contribution < -0.4 is 4.72 Å². The second-order valence-electron chi connectivity index (χ2n) is 7.12. The summed E-state index contributed by atoms with van der Waals surface area (Å²) >= 11 is 0. The van der Waals surface area contributed by atoms with Crippen LogP contribution in [0.4, 0.5) is 4.79 Å². The Balaban J connectivity index is 1.45. The van der Waals surface area contributed by atoms with Gasteiger partial charge in [0.05, 0.1) is 5.41 Å². The third-order valence-electron chi connectivity index (χ3n) is 5.05. The lowest BCUT2D eigenvalue weighted by Gasteiger charge is -2.31. The molecule has 148 valence electrons. The van der Waals surface area contributed by atoms with Crippen LogP contribution in [0.1, 0.15) is 30.4 Å². The van der Waals surface area contributed by atoms with Crippen LogP contribution in [0.3, 0.4) is 0 Å². The lowest BCUT2D eigenvalue weighted by Crippen LogP contribution is -2.46. The van der Waals surface area contributed by atoms with E-state index in [9.17, 15) is 13.2 Å². The molecule has 0 aromatic heterocycles. The fourth-order valence-electron chi connectivity index (χ4n) is 3.39. The van der Waals surface area contributed by atoms with Gasteiger partial charge in [0.2, 0.25) is 0 Å². The quantitative estimate of drug-likeness (QED) is 0.798. The number of hydrogen-bond donors (Lipinski definition) is 1. The van der Waals surface area contributed by atoms with Crippen molar-refractivity contribution in [1.29, 1.82) is 0 Å². The first-order chi connectivity index (χ1) is 13.5. The Labute approximate surface area is 167 Å². The third-order valence-corrected chi connectivity index (χ3v) is 6.01. The van der Waals surface area contributed by atoms with Crippen molar-refractivity contribution in [2.24, 2.45) is 5.92 Å². The van der Waals surface area contributed by atoms with Crippen molar-refractivity contribution in [3.05, 3.63) is 77.2 Å². The van der Waals surface area contributed by atoms with Gasteiger partial charge in [0.1, 0.15) is 0 Å². The number of carbonyl (C=O) groups excluding carboxylic acids is 1. The second-order valence-corrected chi connectivity index (χ2v) is 8.69. The van der Waals surface area contributed by atoms with Gasteiger partial charge in [0, 0.05) is 13.1 Å². The van der Waals surface area contributed by atoms with Crippen LogP contribution >= 0.6 is 0 Å². The summed E-state index contributed by atoms with van der Waals surface area (Å²) in [7, 11) is -3.81. The second kappa shape index (κ2) is 9.55. The predicted octanol–water partition coefficient (Wildman–Crippen LogP) is 4.04. The van der Waals surface area contributed by atoms with Crippen LogP contribution in [0.15, 0.2) is 66.1 Å². The Morgan fingerprint density at radius 2 is 1.61 bits per heavy atom. The number of rotatable bonds is 6. The number of nitrogens with one attached hydrogen (secondary N) is 1. The Morgan fingerprint density at radius 1 is 1.00 bits per heavy atom. The average Bonchev–Trinajstić information content (AvgIpc) is 2.72. The van der Waals surface area contributed by atoms with Gasteiger partial charge < -0.3 is 4.90 Å². The number of benzene rings is 2. The fourth-order valence-corrected chi connectivity index (χ4v) is 4.17. The van der Waals surface area contributed by atoms with Crippen LogP contribution in [0.2, 0.25) is 0 Å². The molecule has 0 saturated carbocycles. The maximum atomic E-state index is 12.3. The van der Waals surface area contributed by atoms with Crippen molar-refractivity contribution in [2.45, 2.75) is 25.7 Å². The molecule has 0 radical (unpaired) electrons. The standard InChI is InChI=1S/C22H26N2O3S/c25-22(23-28(26,27)18-15-20-9-5-2-6-10-20)24-16-13-21(14-17-24)12-11-19-7-3-1-4-8-19/h1-10,15,18,21H,11-14,16-17H2,(H,23,25). The molecule has 2 aromatic carbocycles. The zero-order valence-corrected chi connectivity index (χ0v) is 16.6. The van der Waals surface area contributed by atoms with Crippen LogP contribution in [0.25, 0.3) is 6.08 Å². The summed E-state index contributed by atoms with van der Waals surface area (Å²) < 4.78 is 26.4. The minimum atomic E-state index is -3.81. The van der Waals surface area contributed by atoms with E-state index < -0.39 is 16.1 Å². The van der Waals surface area contributed by atoms with Crippen LogP contribution in [-0.4, -0.2) is 32.4 Å². The van der Waals surface area contributed by atoms with E-state index in [2.05, 4.69) is 29.0 Å². The van der Waals surface area contributed by atoms with Crippen LogP contribution in [-0.2, 0) is 16.4 Å². The summed E-state index contributed by atoms with van der Waals surface area (Å²) in [5, 5.41) is 1.03. The highest BCUT2D eigenvalue weighted by Crippen LogP contribution is 2.22. The highest BCUT2D eigenvalue weighted by Gasteiger charge is 2.24. The SMILES string of the molecule is O=C(NS(=O)(=O)C=Cc1ccccc1)N1CCC(CCc2ccccc2)CC1. The molecule has 1 aliphatic rings. The number of amides is 2. The van der Waals surface area contributed by atoms with Crippen LogP contribution in [0.5, 0.6) is 0 Å². The van der Waals surface area contributed by atoms with Crippen molar-refractivity contribution in [2.75, 3.05) is 13.1 Å². The molecule has 1 fully saturated rings. The predicted molar refractivity (Wildman–Crippen MR) is 112 cm³/mol. The molecule has 0 unspecified atom stereocenters. The third kappa shape index (κ3) is 6.23. The normalized spacial score (nSPS) is 15.6. The molecule has 1 saturated heterocycles. The average molecular weight is 399 g/mol. The Morgan fingerprint density at radius 3 is 2.25 bits per heavy atom. The van der Waals surface area contributed by atoms with E-state index in [-0.39, 0.29) is 0 Å². The molecule has 0 atom stereocenters. The van der Waals surface area contributed by atoms with E-state index in [0.29, 0.717) is 19.0 Å². The number of nitrogens with zero attached hydrogens (tertiary/aromatic N) is 1. The van der Waals surface area contributed by atoms with Crippen molar-refractivity contribution >= 4 is 22.1 Å². The minimum absolute atomic E-state index is 0.542. The maximum Gasteiger partial charge on any atom is 0.331 e. The lowest BCUT2D eigenvalue weighted by atomic mass is 9.91. The molecule has 0 aliphatic carbocycles. The van der Waals surface area contributed by atoms with Gasteiger partial charge >= 0.3 is 6.03 Å². The van der Waals surface area contributed by atoms with E-state index in [4.69, 9.17) is 0 Å². The minimum Gasteiger partial charge on any atom is -0.324 e. The van der Waals surface area contributed by atoms with Gasteiger partial charge in [0.25, 0.3) is 10.0 Å². The summed E-state index contributed by atoms with van der Waals surface area (Å²) in [5.74, 6) is 0.568. The molecule has 1 aliphatic heterocycles. The Hall–Kier alpha value is -2.60. The molecule has 1 heterocycles. The van der Waals surface area contributed by atoms with Crippen molar-refractivity contribution in [3.63, 3.8) is 0 Å². The molecule has 28 heavy (non-hydrogen) atoms. The molecular weight excluding hydrogens is 372 g/mol. The molecule has 5 nitrogen and oxygen atoms in total. The zero-order valence-electron chi connectivity index (χ0n) is 15.8. The summed E-state index contributed by atoms with van der Waals surface area (Å²) in [6.07, 6.45) is 5.42. The van der Waals surface area contributed by atoms with E-state index in [0.717, 1.165) is 36.7 Å². The Bertz CT molecular complexity index is 888. The van der Waals surface area contributed by atoms with Crippen LogP contribution in [0, 0.1) is 5.92 Å². The lowest BCUT2D eigenvalue weighted by molar-refractivity contribution is 0.173. The molecule has 2 aromatic rings. The molecular formula is C22H26N2O3S. The first kappa shape index (κ1) is 20.1. The van der Waals surface area contributed by atoms with E-state index >= 15 is 0 Å². The summed E-state index contributed by atoms with van der Waals surface area (Å²) in [4.78, 5) is 13.9. The number of sulfonamides is 1. The van der Waals surface area contributed by atoms with Crippen molar-refractivity contribution < 1.29 is 13.2 Å². The number of likely N-dealkylation sites (tertiary alicyclic amines) is 1. The first-order valence-corrected chi connectivity index (χ1v) is 11.2. The van der Waals surface area contributed by atoms with Gasteiger partial charge in [-0.25, -0.2) is 17.9 Å². The smallest absolute Gasteiger partial charge is 0.324 e. The fraction of sp³-hybridized carbons (Fsp3) is 0.318. The van der Waals surface area contributed by atoms with Gasteiger partial charge in [0.15, 0.2) is 0 Å². The molecule has 0 spiro atoms. The Kier molecular flexibility index (Phi) is 6.87. The molecule has 0 bridgehead atoms. The maximum absolute atomic E-state index is 12.3. The van der Waals surface area contributed by atoms with Gasteiger partial charge in [-0.15, -0.1) is 0 Å². The van der Waals surface area contributed by atoms with Gasteiger partial charge in [-0.1, -0.05) is 60.7 Å². The topological polar surface area (TPSA) is 66.5 Å². The van der Waals surface area contributed by atoms with Crippen molar-refractivity contribution in [1.82, 2.24) is 9.62 Å². The summed E-state index contributed by atoms with van der Waals surface area (Å²) in [6, 6.07) is 19.0. The number of hydrogen-bond acceptors (Lipinski definition) is 3. The zero-order chi connectivity index (χ0) is 19.8. The highest BCUT2D eigenvalue weighted by molar-refractivity contribution is 7.93. The number of aryl methyl sites for hydroxylation is 1. The summed E-state index contributed by atoms with van der Waals surface area (Å²) in [5.41, 5.74) is 2.10. The number of piperidine rings is 1. The van der Waals surface area contributed by atoms with Crippen molar-refractivity contribution in [3.8, 4) is 0 Å². The van der Waals surface area contributed by atoms with Gasteiger partial charge in [-0.2, -0.15) is 0 Å². The molecule has 6 heteroatoms. The number of carbonyl (C=O) groups is 1. The van der Waals surface area contributed by atoms with Gasteiger partial charge in [-0.3, -0.25) is 0 Å². The van der Waals surface area contributed by atoms with E-state index in [1.54, 1.807) is 17.0 Å². The molecule has 1 N–H and O–H groups in total. The largest absolute Gasteiger partial charge is 0.331 e. The van der Waals surface area contributed by atoms with Gasteiger partial charge in [-0.05, 0) is 48.8 Å².